The van der Waals surface area contributed by atoms with Gasteiger partial charge in [-0.05, 0) is 43.5 Å². The molecule has 0 unspecified atom stereocenters. The molecule has 132 valence electrons. The summed E-state index contributed by atoms with van der Waals surface area (Å²) in [4.78, 5) is 26.3. The van der Waals surface area contributed by atoms with Crippen LogP contribution < -0.4 is 5.32 Å². The molecule has 2 atom stereocenters. The van der Waals surface area contributed by atoms with Crippen LogP contribution in [0.5, 0.6) is 0 Å². The van der Waals surface area contributed by atoms with Gasteiger partial charge in [-0.1, -0.05) is 19.1 Å². The molecule has 1 aliphatic rings. The average molecular weight is 340 g/mol. The molecule has 0 bridgehead atoms. The lowest BCUT2D eigenvalue weighted by Gasteiger charge is -2.27. The largest absolute Gasteiger partial charge is 0.348 e. The summed E-state index contributed by atoms with van der Waals surface area (Å²) in [6.07, 6.45) is 5.62. The third-order valence-electron chi connectivity index (χ3n) is 4.67. The summed E-state index contributed by atoms with van der Waals surface area (Å²) in [5.41, 5.74) is 1.95. The molecular formula is C19H24N4O2. The molecule has 2 amide bonds. The first kappa shape index (κ1) is 17.2. The first-order chi connectivity index (χ1) is 12.1. The molecule has 1 N–H and O–H groups in total. The number of hydrogen-bond donors (Lipinski definition) is 1. The number of aromatic nitrogens is 2. The van der Waals surface area contributed by atoms with E-state index in [4.69, 9.17) is 0 Å². The highest BCUT2D eigenvalue weighted by atomic mass is 16.2. The molecule has 0 spiro atoms. The van der Waals surface area contributed by atoms with E-state index >= 15 is 0 Å². The van der Waals surface area contributed by atoms with E-state index in [0.717, 1.165) is 17.7 Å². The number of amides is 2. The molecule has 2 heterocycles. The Morgan fingerprint density at radius 2 is 2.20 bits per heavy atom. The van der Waals surface area contributed by atoms with Crippen LogP contribution in [0.1, 0.15) is 44.7 Å². The van der Waals surface area contributed by atoms with E-state index in [-0.39, 0.29) is 23.9 Å². The molecule has 1 aromatic carbocycles. The third-order valence-corrected chi connectivity index (χ3v) is 4.67. The molecule has 3 rings (SSSR count). The smallest absolute Gasteiger partial charge is 0.243 e. The number of likely N-dealkylation sites (tertiary alicyclic amines) is 1. The van der Waals surface area contributed by atoms with Crippen LogP contribution >= 0.6 is 0 Å². The lowest BCUT2D eigenvalue weighted by atomic mass is 10.1. The third kappa shape index (κ3) is 3.73. The topological polar surface area (TPSA) is 67.2 Å². The van der Waals surface area contributed by atoms with Crippen molar-refractivity contribution in [2.45, 2.75) is 45.2 Å². The Bertz CT molecular complexity index is 742. The van der Waals surface area contributed by atoms with Gasteiger partial charge in [0.05, 0.1) is 11.7 Å². The van der Waals surface area contributed by atoms with Crippen molar-refractivity contribution in [3.05, 3.63) is 48.3 Å². The van der Waals surface area contributed by atoms with Gasteiger partial charge < -0.3 is 10.2 Å². The molecule has 1 fully saturated rings. The molecule has 1 saturated heterocycles. The molecule has 1 aliphatic heterocycles. The van der Waals surface area contributed by atoms with Gasteiger partial charge in [0.1, 0.15) is 6.04 Å². The van der Waals surface area contributed by atoms with Crippen LogP contribution in [0.25, 0.3) is 5.69 Å². The zero-order valence-corrected chi connectivity index (χ0v) is 14.7. The zero-order chi connectivity index (χ0) is 17.8. The fourth-order valence-electron chi connectivity index (χ4n) is 3.30. The molecule has 0 aliphatic carbocycles. The summed E-state index contributed by atoms with van der Waals surface area (Å²) in [5, 5.41) is 7.29. The highest BCUT2D eigenvalue weighted by molar-refractivity contribution is 5.88. The van der Waals surface area contributed by atoms with Gasteiger partial charge in [0.25, 0.3) is 0 Å². The van der Waals surface area contributed by atoms with Crippen molar-refractivity contribution in [2.75, 3.05) is 6.54 Å². The predicted molar refractivity (Wildman–Crippen MR) is 95.1 cm³/mol. The van der Waals surface area contributed by atoms with E-state index in [2.05, 4.69) is 10.4 Å². The Labute approximate surface area is 147 Å². The van der Waals surface area contributed by atoms with Gasteiger partial charge >= 0.3 is 0 Å². The standard InChI is InChI=1S/C19H24N4O2/c1-3-17(22-11-5-9-18(22)24)19(25)21-14(2)15-7-4-8-16(13-15)23-12-6-10-20-23/h4,6-8,10,12-14,17H,3,5,9,11H2,1-2H3,(H,21,25)/t14-,17+/m1/s1. The maximum atomic E-state index is 12.7. The number of benzene rings is 1. The Morgan fingerprint density at radius 1 is 1.36 bits per heavy atom. The maximum Gasteiger partial charge on any atom is 0.243 e. The van der Waals surface area contributed by atoms with Gasteiger partial charge in [-0.2, -0.15) is 5.10 Å². The molecular weight excluding hydrogens is 316 g/mol. The van der Waals surface area contributed by atoms with Gasteiger partial charge in [-0.15, -0.1) is 0 Å². The second-order valence-electron chi connectivity index (χ2n) is 6.39. The fraction of sp³-hybridized carbons (Fsp3) is 0.421. The minimum Gasteiger partial charge on any atom is -0.348 e. The lowest BCUT2D eigenvalue weighted by molar-refractivity contribution is -0.137. The van der Waals surface area contributed by atoms with E-state index in [0.29, 0.717) is 19.4 Å². The van der Waals surface area contributed by atoms with Gasteiger partial charge in [0, 0.05) is 25.4 Å². The van der Waals surface area contributed by atoms with Crippen molar-refractivity contribution >= 4 is 11.8 Å². The van der Waals surface area contributed by atoms with Crippen LogP contribution in [0.4, 0.5) is 0 Å². The molecule has 6 nitrogen and oxygen atoms in total. The van der Waals surface area contributed by atoms with Gasteiger partial charge in [-0.25, -0.2) is 4.68 Å². The van der Waals surface area contributed by atoms with E-state index in [1.807, 2.05) is 50.4 Å². The zero-order valence-electron chi connectivity index (χ0n) is 14.7. The first-order valence-electron chi connectivity index (χ1n) is 8.80. The number of hydrogen-bond acceptors (Lipinski definition) is 3. The SMILES string of the molecule is CC[C@@H](C(=O)N[C@H](C)c1cccc(-n2cccn2)c1)N1CCCC1=O. The maximum absolute atomic E-state index is 12.7. The molecule has 0 radical (unpaired) electrons. The van der Waals surface area contributed by atoms with Crippen molar-refractivity contribution < 1.29 is 9.59 Å². The summed E-state index contributed by atoms with van der Waals surface area (Å²) >= 11 is 0. The molecule has 0 saturated carbocycles. The summed E-state index contributed by atoms with van der Waals surface area (Å²) in [5.74, 6) is -0.00919. The van der Waals surface area contributed by atoms with Crippen molar-refractivity contribution in [2.24, 2.45) is 0 Å². The summed E-state index contributed by atoms with van der Waals surface area (Å²) in [6.45, 7) is 4.57. The average Bonchev–Trinajstić information content (AvgIpc) is 3.28. The van der Waals surface area contributed by atoms with E-state index in [1.165, 1.54) is 0 Å². The van der Waals surface area contributed by atoms with Crippen LogP contribution in [0.15, 0.2) is 42.7 Å². The summed E-state index contributed by atoms with van der Waals surface area (Å²) < 4.78 is 1.79. The first-order valence-corrected chi connectivity index (χ1v) is 8.80. The number of carbonyl (C=O) groups excluding carboxylic acids is 2. The highest BCUT2D eigenvalue weighted by Crippen LogP contribution is 2.19. The van der Waals surface area contributed by atoms with Crippen molar-refractivity contribution in [3.63, 3.8) is 0 Å². The van der Waals surface area contributed by atoms with Crippen LogP contribution in [0.2, 0.25) is 0 Å². The van der Waals surface area contributed by atoms with Gasteiger partial charge in [-0.3, -0.25) is 9.59 Å². The van der Waals surface area contributed by atoms with Crippen LogP contribution in [-0.2, 0) is 9.59 Å². The van der Waals surface area contributed by atoms with E-state index in [9.17, 15) is 9.59 Å². The number of rotatable bonds is 6. The normalized spacial score (nSPS) is 16.7. The Kier molecular flexibility index (Phi) is 5.16. The van der Waals surface area contributed by atoms with Crippen LogP contribution in [-0.4, -0.2) is 39.1 Å². The monoisotopic (exact) mass is 340 g/mol. The second-order valence-corrected chi connectivity index (χ2v) is 6.39. The second kappa shape index (κ2) is 7.51. The summed E-state index contributed by atoms with van der Waals surface area (Å²) in [7, 11) is 0. The fourth-order valence-corrected chi connectivity index (χ4v) is 3.30. The minimum absolute atomic E-state index is 0.0790. The number of carbonyl (C=O) groups is 2. The molecule has 25 heavy (non-hydrogen) atoms. The minimum atomic E-state index is -0.383. The molecule has 6 heteroatoms. The lowest BCUT2D eigenvalue weighted by Crippen LogP contribution is -2.47. The van der Waals surface area contributed by atoms with Crippen LogP contribution in [0, 0.1) is 0 Å². The molecule has 2 aromatic rings. The van der Waals surface area contributed by atoms with Crippen molar-refractivity contribution in [1.29, 1.82) is 0 Å². The van der Waals surface area contributed by atoms with Crippen molar-refractivity contribution in [3.8, 4) is 5.69 Å². The van der Waals surface area contributed by atoms with Crippen molar-refractivity contribution in [1.82, 2.24) is 20.0 Å². The number of nitrogens with one attached hydrogen (secondary N) is 1. The van der Waals surface area contributed by atoms with Gasteiger partial charge in [0.15, 0.2) is 0 Å². The summed E-state index contributed by atoms with van der Waals surface area (Å²) in [6, 6.07) is 9.27. The highest BCUT2D eigenvalue weighted by Gasteiger charge is 2.32. The Hall–Kier alpha value is -2.63. The quantitative estimate of drug-likeness (QED) is 0.878. The van der Waals surface area contributed by atoms with Gasteiger partial charge in [0.2, 0.25) is 11.8 Å². The Balaban J connectivity index is 1.71. The van der Waals surface area contributed by atoms with E-state index in [1.54, 1.807) is 15.8 Å². The van der Waals surface area contributed by atoms with Crippen LogP contribution in [0.3, 0.4) is 0 Å². The Morgan fingerprint density at radius 3 is 2.84 bits per heavy atom. The number of nitrogens with zero attached hydrogens (tertiary/aromatic N) is 3. The predicted octanol–water partition coefficient (Wildman–Crippen LogP) is 2.45. The molecule has 1 aromatic heterocycles. The van der Waals surface area contributed by atoms with E-state index < -0.39 is 0 Å².